The minimum atomic E-state index is 1.05. The van der Waals surface area contributed by atoms with Crippen LogP contribution in [0.5, 0.6) is 0 Å². The van der Waals surface area contributed by atoms with Crippen LogP contribution in [0.4, 0.5) is 0 Å². The minimum Gasteiger partial charge on any atom is -0.0620 e. The van der Waals surface area contributed by atoms with E-state index in [4.69, 9.17) is 0 Å². The Bertz CT molecular complexity index is 1120. The quantitative estimate of drug-likeness (QED) is 0.321. The number of benzene rings is 4. The van der Waals surface area contributed by atoms with Crippen molar-refractivity contribution in [3.05, 3.63) is 129 Å². The van der Waals surface area contributed by atoms with Crippen molar-refractivity contribution in [1.29, 1.82) is 0 Å². The molecule has 0 heteroatoms. The summed E-state index contributed by atoms with van der Waals surface area (Å²) in [5.74, 6) is 0. The van der Waals surface area contributed by atoms with Gasteiger partial charge < -0.3 is 0 Å². The molecule has 0 nitrogen and oxygen atoms in total. The third-order valence-corrected chi connectivity index (χ3v) is 6.51. The van der Waals surface area contributed by atoms with E-state index in [0.29, 0.717) is 0 Å². The summed E-state index contributed by atoms with van der Waals surface area (Å²) in [6.07, 6.45) is 4.23. The first-order valence-corrected chi connectivity index (χ1v) is 10.2. The van der Waals surface area contributed by atoms with E-state index in [-0.39, 0.29) is 0 Å². The first kappa shape index (κ1) is 15.9. The third kappa shape index (κ3) is 2.60. The van der Waals surface area contributed by atoms with Crippen molar-refractivity contribution in [3.8, 4) is 11.1 Å². The second-order valence-electron chi connectivity index (χ2n) is 8.21. The second kappa shape index (κ2) is 6.21. The third-order valence-electron chi connectivity index (χ3n) is 6.51. The fourth-order valence-electron chi connectivity index (χ4n) is 4.91. The first-order chi connectivity index (χ1) is 13.8. The Kier molecular flexibility index (Phi) is 3.52. The molecule has 6 rings (SSSR count). The summed E-state index contributed by atoms with van der Waals surface area (Å²) in [5, 5.41) is 0. The van der Waals surface area contributed by atoms with Gasteiger partial charge in [0.05, 0.1) is 0 Å². The molecule has 4 aromatic rings. The lowest BCUT2D eigenvalue weighted by atomic mass is 9.83. The highest BCUT2D eigenvalue weighted by atomic mass is 14.2. The van der Waals surface area contributed by atoms with E-state index in [1.165, 1.54) is 55.6 Å². The number of hydrogen-bond acceptors (Lipinski definition) is 0. The molecule has 2 aliphatic carbocycles. The molecule has 0 saturated carbocycles. The lowest BCUT2D eigenvalue weighted by molar-refractivity contribution is 0.998. The van der Waals surface area contributed by atoms with Crippen LogP contribution < -0.4 is 0 Å². The molecule has 0 unspecified atom stereocenters. The fraction of sp³-hybridized carbons (Fsp3) is 0.143. The maximum absolute atomic E-state index is 2.42. The van der Waals surface area contributed by atoms with Crippen LogP contribution in [0, 0.1) is 0 Å². The zero-order chi connectivity index (χ0) is 18.5. The molecule has 0 radical (unpaired) electrons. The Labute approximate surface area is 166 Å². The molecule has 0 fully saturated rings. The van der Waals surface area contributed by atoms with Crippen molar-refractivity contribution in [2.75, 3.05) is 0 Å². The molecule has 0 aromatic heterocycles. The van der Waals surface area contributed by atoms with E-state index < -0.39 is 0 Å². The van der Waals surface area contributed by atoms with Gasteiger partial charge in [0.2, 0.25) is 0 Å². The van der Waals surface area contributed by atoms with Crippen LogP contribution in [0.1, 0.15) is 44.5 Å². The van der Waals surface area contributed by atoms with Crippen LogP contribution in [0.3, 0.4) is 0 Å². The van der Waals surface area contributed by atoms with Crippen LogP contribution in [0.25, 0.3) is 11.1 Å². The molecule has 0 bridgehead atoms. The van der Waals surface area contributed by atoms with Crippen molar-refractivity contribution in [3.63, 3.8) is 0 Å². The standard InChI is InChI=1S/C28H22/c1-3-7-21-15-27-17-23(9-11-25(27)13-19(21)5-1)24-10-12-26-14-20-6-2-4-8-22(20)16-28(26)18-24/h1-12,17-18H,13-16H2. The predicted octanol–water partition coefficient (Wildman–Crippen LogP) is 6.34. The van der Waals surface area contributed by atoms with Gasteiger partial charge in [-0.3, -0.25) is 0 Å². The SMILES string of the molecule is c1ccc2c(c1)Cc1ccc(-c3ccc4c(c3)Cc3ccccc3C4)cc1C2. The number of hydrogen-bond donors (Lipinski definition) is 0. The van der Waals surface area contributed by atoms with Crippen molar-refractivity contribution in [2.45, 2.75) is 25.7 Å². The molecule has 0 atom stereocenters. The summed E-state index contributed by atoms with van der Waals surface area (Å²) < 4.78 is 0. The lowest BCUT2D eigenvalue weighted by Crippen LogP contribution is -2.08. The highest BCUT2D eigenvalue weighted by Gasteiger charge is 2.17. The van der Waals surface area contributed by atoms with E-state index in [2.05, 4.69) is 84.9 Å². The van der Waals surface area contributed by atoms with Crippen LogP contribution >= 0.6 is 0 Å². The molecular formula is C28H22. The molecule has 28 heavy (non-hydrogen) atoms. The molecule has 4 aromatic carbocycles. The van der Waals surface area contributed by atoms with Crippen LogP contribution in [0.2, 0.25) is 0 Å². The molecule has 2 aliphatic rings. The normalized spacial score (nSPS) is 13.9. The maximum Gasteiger partial charge on any atom is -0.00199 e. The highest BCUT2D eigenvalue weighted by molar-refractivity contribution is 5.68. The Balaban J connectivity index is 1.36. The monoisotopic (exact) mass is 358 g/mol. The molecule has 0 spiro atoms. The van der Waals surface area contributed by atoms with Gasteiger partial charge in [-0.1, -0.05) is 84.9 Å². The average Bonchev–Trinajstić information content (AvgIpc) is 2.75. The summed E-state index contributed by atoms with van der Waals surface area (Å²) >= 11 is 0. The molecule has 0 heterocycles. The Morgan fingerprint density at radius 2 is 0.643 bits per heavy atom. The predicted molar refractivity (Wildman–Crippen MR) is 116 cm³/mol. The summed E-state index contributed by atoms with van der Waals surface area (Å²) in [6, 6.07) is 31.9. The highest BCUT2D eigenvalue weighted by Crippen LogP contribution is 2.33. The van der Waals surface area contributed by atoms with E-state index in [9.17, 15) is 0 Å². The van der Waals surface area contributed by atoms with Gasteiger partial charge in [-0.25, -0.2) is 0 Å². The Morgan fingerprint density at radius 1 is 0.321 bits per heavy atom. The van der Waals surface area contributed by atoms with Gasteiger partial charge in [-0.15, -0.1) is 0 Å². The van der Waals surface area contributed by atoms with Gasteiger partial charge in [-0.05, 0) is 81.3 Å². The van der Waals surface area contributed by atoms with E-state index in [1.54, 1.807) is 0 Å². The Hall–Kier alpha value is -3.12. The molecule has 0 N–H and O–H groups in total. The number of fused-ring (bicyclic) bond motifs is 4. The molecule has 0 saturated heterocycles. The molecule has 0 aliphatic heterocycles. The Morgan fingerprint density at radius 3 is 1.04 bits per heavy atom. The van der Waals surface area contributed by atoms with Gasteiger partial charge in [-0.2, -0.15) is 0 Å². The van der Waals surface area contributed by atoms with E-state index in [1.807, 2.05) is 0 Å². The first-order valence-electron chi connectivity index (χ1n) is 10.2. The van der Waals surface area contributed by atoms with Crippen LogP contribution in [0.15, 0.2) is 84.9 Å². The van der Waals surface area contributed by atoms with Crippen molar-refractivity contribution in [2.24, 2.45) is 0 Å². The summed E-state index contributed by atoms with van der Waals surface area (Å²) in [7, 11) is 0. The average molecular weight is 358 g/mol. The summed E-state index contributed by atoms with van der Waals surface area (Å²) in [4.78, 5) is 0. The minimum absolute atomic E-state index is 1.05. The van der Waals surface area contributed by atoms with Gasteiger partial charge >= 0.3 is 0 Å². The summed E-state index contributed by atoms with van der Waals surface area (Å²) in [6.45, 7) is 0. The lowest BCUT2D eigenvalue weighted by Gasteiger charge is -2.22. The van der Waals surface area contributed by atoms with Gasteiger partial charge in [0.15, 0.2) is 0 Å². The van der Waals surface area contributed by atoms with Crippen molar-refractivity contribution < 1.29 is 0 Å². The zero-order valence-electron chi connectivity index (χ0n) is 15.9. The second-order valence-corrected chi connectivity index (χ2v) is 8.21. The fourth-order valence-corrected chi connectivity index (χ4v) is 4.91. The van der Waals surface area contributed by atoms with Gasteiger partial charge in [0.25, 0.3) is 0 Å². The van der Waals surface area contributed by atoms with Crippen molar-refractivity contribution in [1.82, 2.24) is 0 Å². The van der Waals surface area contributed by atoms with Crippen molar-refractivity contribution >= 4 is 0 Å². The summed E-state index contributed by atoms with van der Waals surface area (Å²) in [5.41, 5.74) is 14.6. The van der Waals surface area contributed by atoms with E-state index >= 15 is 0 Å². The van der Waals surface area contributed by atoms with E-state index in [0.717, 1.165) is 25.7 Å². The number of rotatable bonds is 1. The molecular weight excluding hydrogens is 336 g/mol. The smallest absolute Gasteiger partial charge is 0.00199 e. The van der Waals surface area contributed by atoms with Crippen LogP contribution in [-0.4, -0.2) is 0 Å². The maximum atomic E-state index is 2.42. The van der Waals surface area contributed by atoms with Gasteiger partial charge in [0.1, 0.15) is 0 Å². The van der Waals surface area contributed by atoms with Crippen LogP contribution in [-0.2, 0) is 25.7 Å². The topological polar surface area (TPSA) is 0 Å². The largest absolute Gasteiger partial charge is 0.0620 e. The molecule has 134 valence electrons. The van der Waals surface area contributed by atoms with Gasteiger partial charge in [0, 0.05) is 0 Å². The molecule has 0 amide bonds. The zero-order valence-corrected chi connectivity index (χ0v) is 15.9.